The predicted molar refractivity (Wildman–Crippen MR) is 110 cm³/mol. The first-order valence-electron chi connectivity index (χ1n) is 9.03. The van der Waals surface area contributed by atoms with Gasteiger partial charge in [-0.05, 0) is 43.7 Å². The summed E-state index contributed by atoms with van der Waals surface area (Å²) in [4.78, 5) is 14.6. The van der Waals surface area contributed by atoms with Gasteiger partial charge >= 0.3 is 0 Å². The van der Waals surface area contributed by atoms with Crippen LogP contribution in [0.4, 0.5) is 5.69 Å². The van der Waals surface area contributed by atoms with Gasteiger partial charge in [0.25, 0.3) is 0 Å². The molecule has 0 aromatic heterocycles. The molecule has 0 heterocycles. The number of nitrogens with zero attached hydrogens (tertiary/aromatic N) is 3. The van der Waals surface area contributed by atoms with Gasteiger partial charge < -0.3 is 4.90 Å². The minimum absolute atomic E-state index is 0.00528. The Hall–Kier alpha value is -2.85. The van der Waals surface area contributed by atoms with Crippen molar-refractivity contribution in [3.63, 3.8) is 0 Å². The van der Waals surface area contributed by atoms with Gasteiger partial charge in [0.05, 0.1) is 23.6 Å². The first-order chi connectivity index (χ1) is 13.2. The number of amides is 1. The highest BCUT2D eigenvalue weighted by atomic mass is 32.2. The Morgan fingerprint density at radius 2 is 1.68 bits per heavy atom. The molecule has 2 aromatic carbocycles. The number of hydrogen-bond acceptors (Lipinski definition) is 4. The van der Waals surface area contributed by atoms with E-state index in [1.54, 1.807) is 29.2 Å². The quantitative estimate of drug-likeness (QED) is 0.683. The third-order valence-corrected chi connectivity index (χ3v) is 5.55. The third-order valence-electron chi connectivity index (χ3n) is 4.35. The Morgan fingerprint density at radius 3 is 2.18 bits per heavy atom. The summed E-state index contributed by atoms with van der Waals surface area (Å²) in [5.74, 6) is -0.110. The highest BCUT2D eigenvalue weighted by molar-refractivity contribution is 7.92. The first-order valence-corrected chi connectivity index (χ1v) is 10.9. The number of nitriles is 1. The Bertz CT molecular complexity index is 933. The molecule has 0 aliphatic heterocycles. The van der Waals surface area contributed by atoms with Crippen LogP contribution in [0.15, 0.2) is 54.6 Å². The molecule has 0 radical (unpaired) electrons. The minimum atomic E-state index is -3.56. The molecular weight excluding hydrogens is 374 g/mol. The second-order valence-corrected chi connectivity index (χ2v) is 8.75. The Morgan fingerprint density at radius 1 is 1.07 bits per heavy atom. The summed E-state index contributed by atoms with van der Waals surface area (Å²) >= 11 is 0. The fraction of sp³-hybridized carbons (Fsp3) is 0.333. The molecule has 28 heavy (non-hydrogen) atoms. The number of benzene rings is 2. The molecular formula is C21H25N3O3S. The molecule has 0 N–H and O–H groups in total. The first kappa shape index (κ1) is 21.5. The molecule has 0 fully saturated rings. The van der Waals surface area contributed by atoms with E-state index in [1.807, 2.05) is 50.2 Å². The van der Waals surface area contributed by atoms with Gasteiger partial charge in [0.1, 0.15) is 0 Å². The zero-order valence-corrected chi connectivity index (χ0v) is 17.2. The van der Waals surface area contributed by atoms with Crippen LogP contribution >= 0.6 is 0 Å². The number of carbonyl (C=O) groups is 1. The maximum Gasteiger partial charge on any atom is 0.232 e. The summed E-state index contributed by atoms with van der Waals surface area (Å²) in [7, 11) is -3.56. The molecule has 7 heteroatoms. The van der Waals surface area contributed by atoms with Crippen LogP contribution in [0.3, 0.4) is 0 Å². The van der Waals surface area contributed by atoms with Crippen LogP contribution in [0.1, 0.15) is 31.4 Å². The van der Waals surface area contributed by atoms with E-state index >= 15 is 0 Å². The van der Waals surface area contributed by atoms with Crippen molar-refractivity contribution in [1.29, 1.82) is 5.26 Å². The Labute approximate surface area is 167 Å². The maximum atomic E-state index is 12.8. The van der Waals surface area contributed by atoms with Crippen LogP contribution in [0, 0.1) is 11.3 Å². The molecule has 148 valence electrons. The smallest absolute Gasteiger partial charge is 0.232 e. The van der Waals surface area contributed by atoms with E-state index in [9.17, 15) is 13.2 Å². The van der Waals surface area contributed by atoms with Crippen molar-refractivity contribution in [2.45, 2.75) is 32.9 Å². The largest absolute Gasteiger partial charge is 0.336 e. The van der Waals surface area contributed by atoms with Crippen LogP contribution in [0.2, 0.25) is 0 Å². The van der Waals surface area contributed by atoms with Gasteiger partial charge in [-0.3, -0.25) is 9.10 Å². The average Bonchev–Trinajstić information content (AvgIpc) is 2.66. The molecule has 0 saturated heterocycles. The van der Waals surface area contributed by atoms with Crippen LogP contribution in [-0.2, 0) is 21.4 Å². The van der Waals surface area contributed by atoms with Crippen molar-refractivity contribution in [3.8, 4) is 6.07 Å². The van der Waals surface area contributed by atoms with Gasteiger partial charge in [0.2, 0.25) is 15.9 Å². The van der Waals surface area contributed by atoms with Crippen LogP contribution < -0.4 is 4.31 Å². The van der Waals surface area contributed by atoms with Crippen molar-refractivity contribution >= 4 is 21.6 Å². The SMILES string of the molecule is CC(C)N(Cc1ccccc1)C(=O)CCN(c1ccc(C#N)cc1)S(C)(=O)=O. The molecule has 0 saturated carbocycles. The molecule has 2 aromatic rings. The lowest BCUT2D eigenvalue weighted by molar-refractivity contribution is -0.133. The lowest BCUT2D eigenvalue weighted by Crippen LogP contribution is -2.39. The van der Waals surface area contributed by atoms with E-state index in [4.69, 9.17) is 5.26 Å². The zero-order valence-electron chi connectivity index (χ0n) is 16.4. The second-order valence-electron chi connectivity index (χ2n) is 6.84. The van der Waals surface area contributed by atoms with E-state index < -0.39 is 10.0 Å². The van der Waals surface area contributed by atoms with E-state index in [0.717, 1.165) is 11.8 Å². The highest BCUT2D eigenvalue weighted by Gasteiger charge is 2.22. The van der Waals surface area contributed by atoms with Gasteiger partial charge in [-0.1, -0.05) is 30.3 Å². The standard InChI is InChI=1S/C21H25N3O3S/c1-17(2)23(16-19-7-5-4-6-8-19)21(25)13-14-24(28(3,26)27)20-11-9-18(15-22)10-12-20/h4-12,17H,13-14,16H2,1-3H3. The summed E-state index contributed by atoms with van der Waals surface area (Å²) in [6.45, 7) is 4.40. The van der Waals surface area contributed by atoms with Crippen LogP contribution in [-0.4, -0.2) is 38.1 Å². The van der Waals surface area contributed by atoms with Gasteiger partial charge in [-0.25, -0.2) is 8.42 Å². The van der Waals surface area contributed by atoms with Gasteiger partial charge in [0, 0.05) is 25.6 Å². The number of hydrogen-bond donors (Lipinski definition) is 0. The topological polar surface area (TPSA) is 81.5 Å². The van der Waals surface area contributed by atoms with Crippen molar-refractivity contribution in [2.75, 3.05) is 17.1 Å². The average molecular weight is 400 g/mol. The summed E-state index contributed by atoms with van der Waals surface area (Å²) in [6.07, 6.45) is 1.18. The van der Waals surface area contributed by atoms with Crippen LogP contribution in [0.5, 0.6) is 0 Å². The molecule has 0 aliphatic rings. The number of carbonyl (C=O) groups excluding carboxylic acids is 1. The van der Waals surface area contributed by atoms with E-state index in [-0.39, 0.29) is 24.9 Å². The summed E-state index contributed by atoms with van der Waals surface area (Å²) in [6, 6.07) is 18.0. The number of sulfonamides is 1. The maximum absolute atomic E-state index is 12.8. The zero-order chi connectivity index (χ0) is 20.7. The normalized spacial score (nSPS) is 11.1. The second kappa shape index (κ2) is 9.38. The van der Waals surface area contributed by atoms with Crippen molar-refractivity contribution in [3.05, 3.63) is 65.7 Å². The molecule has 0 spiro atoms. The Balaban J connectivity index is 2.13. The molecule has 0 bridgehead atoms. The predicted octanol–water partition coefficient (Wildman–Crippen LogP) is 3.15. The molecule has 0 unspecified atom stereocenters. The summed E-state index contributed by atoms with van der Waals surface area (Å²) < 4.78 is 25.7. The molecule has 0 aliphatic carbocycles. The lowest BCUT2D eigenvalue weighted by Gasteiger charge is -2.29. The van der Waals surface area contributed by atoms with Gasteiger partial charge in [-0.2, -0.15) is 5.26 Å². The lowest BCUT2D eigenvalue weighted by atomic mass is 10.1. The number of rotatable bonds is 8. The minimum Gasteiger partial charge on any atom is -0.336 e. The highest BCUT2D eigenvalue weighted by Crippen LogP contribution is 2.19. The van der Waals surface area contributed by atoms with Crippen molar-refractivity contribution in [1.82, 2.24) is 4.90 Å². The molecule has 6 nitrogen and oxygen atoms in total. The Kier molecular flexibility index (Phi) is 7.18. The third kappa shape index (κ3) is 5.83. The van der Waals surface area contributed by atoms with Gasteiger partial charge in [-0.15, -0.1) is 0 Å². The van der Waals surface area contributed by atoms with E-state index in [1.165, 1.54) is 4.31 Å². The molecule has 1 amide bonds. The molecule has 0 atom stereocenters. The van der Waals surface area contributed by atoms with Gasteiger partial charge in [0.15, 0.2) is 0 Å². The number of anilines is 1. The van der Waals surface area contributed by atoms with Crippen molar-refractivity contribution < 1.29 is 13.2 Å². The molecule has 2 rings (SSSR count). The monoisotopic (exact) mass is 399 g/mol. The van der Waals surface area contributed by atoms with Crippen molar-refractivity contribution in [2.24, 2.45) is 0 Å². The van der Waals surface area contributed by atoms with Crippen LogP contribution in [0.25, 0.3) is 0 Å². The fourth-order valence-electron chi connectivity index (χ4n) is 2.87. The van der Waals surface area contributed by atoms with E-state index in [2.05, 4.69) is 0 Å². The fourth-order valence-corrected chi connectivity index (χ4v) is 3.80. The van der Waals surface area contributed by atoms with E-state index in [0.29, 0.717) is 17.8 Å². The summed E-state index contributed by atoms with van der Waals surface area (Å²) in [5, 5.41) is 8.91. The summed E-state index contributed by atoms with van der Waals surface area (Å²) in [5.41, 5.74) is 1.91.